The third kappa shape index (κ3) is 4.89. The molecule has 0 bridgehead atoms. The van der Waals surface area contributed by atoms with Crippen molar-refractivity contribution in [1.82, 2.24) is 0 Å². The van der Waals surface area contributed by atoms with Gasteiger partial charge in [-0.3, -0.25) is 9.59 Å². The summed E-state index contributed by atoms with van der Waals surface area (Å²) in [6, 6.07) is 6.27. The van der Waals surface area contributed by atoms with Gasteiger partial charge < -0.3 is 14.2 Å². The highest BCUT2D eigenvalue weighted by Gasteiger charge is 2.48. The van der Waals surface area contributed by atoms with Gasteiger partial charge in [0.15, 0.2) is 6.10 Å². The summed E-state index contributed by atoms with van der Waals surface area (Å²) in [5.74, 6) is -0.447. The lowest BCUT2D eigenvalue weighted by Gasteiger charge is -2.45. The zero-order chi connectivity index (χ0) is 20.3. The number of rotatable bonds is 5. The third-order valence-corrected chi connectivity index (χ3v) is 5.32. The molecule has 0 amide bonds. The molecule has 0 unspecified atom stereocenters. The molecule has 0 aromatic heterocycles. The summed E-state index contributed by atoms with van der Waals surface area (Å²) in [6.07, 6.45) is -0.992. The Morgan fingerprint density at radius 3 is 2.19 bits per heavy atom. The molecule has 0 radical (unpaired) electrons. The minimum atomic E-state index is -0.673. The molecule has 2 rings (SSSR count). The first-order valence-electron chi connectivity index (χ1n) is 9.76. The summed E-state index contributed by atoms with van der Waals surface area (Å²) in [4.78, 5) is 23.5. The molecule has 1 fully saturated rings. The smallest absolute Gasteiger partial charge is 0.303 e. The average Bonchev–Trinajstić information content (AvgIpc) is 2.58. The second-order valence-electron chi connectivity index (χ2n) is 7.78. The Morgan fingerprint density at radius 2 is 1.70 bits per heavy atom. The van der Waals surface area contributed by atoms with E-state index in [1.165, 1.54) is 19.4 Å². The van der Waals surface area contributed by atoms with Crippen LogP contribution in [0.25, 0.3) is 0 Å². The highest BCUT2D eigenvalue weighted by Crippen LogP contribution is 2.41. The van der Waals surface area contributed by atoms with Gasteiger partial charge in [0.1, 0.15) is 12.2 Å². The van der Waals surface area contributed by atoms with E-state index in [1.807, 2.05) is 26.8 Å². The summed E-state index contributed by atoms with van der Waals surface area (Å²) in [6.45, 7) is 13.1. The van der Waals surface area contributed by atoms with Crippen molar-refractivity contribution < 1.29 is 23.8 Å². The van der Waals surface area contributed by atoms with Crippen molar-refractivity contribution >= 4 is 11.9 Å². The summed E-state index contributed by atoms with van der Waals surface area (Å²) >= 11 is 0. The Balaban J connectivity index is 2.49. The summed E-state index contributed by atoms with van der Waals surface area (Å²) in [5.41, 5.74) is 3.29. The van der Waals surface area contributed by atoms with Crippen LogP contribution < -0.4 is 0 Å². The normalized spacial score (nSPS) is 28.1. The maximum absolute atomic E-state index is 11.8. The van der Waals surface area contributed by atoms with Crippen molar-refractivity contribution in [2.75, 3.05) is 0 Å². The van der Waals surface area contributed by atoms with Crippen molar-refractivity contribution in [1.29, 1.82) is 0 Å². The Hall–Kier alpha value is -1.88. The van der Waals surface area contributed by atoms with Crippen LogP contribution in [0.1, 0.15) is 76.7 Å². The molecule has 1 aromatic carbocycles. The number of benzene rings is 1. The topological polar surface area (TPSA) is 61.8 Å². The molecule has 150 valence electrons. The van der Waals surface area contributed by atoms with E-state index >= 15 is 0 Å². The van der Waals surface area contributed by atoms with Crippen molar-refractivity contribution in [2.45, 2.75) is 85.2 Å². The van der Waals surface area contributed by atoms with Crippen LogP contribution >= 0.6 is 0 Å². The highest BCUT2D eigenvalue weighted by atomic mass is 16.6. The van der Waals surface area contributed by atoms with Gasteiger partial charge in [-0.1, -0.05) is 45.9 Å². The second-order valence-corrected chi connectivity index (χ2v) is 7.78. The Morgan fingerprint density at radius 1 is 1.11 bits per heavy atom. The van der Waals surface area contributed by atoms with Gasteiger partial charge >= 0.3 is 11.9 Å². The van der Waals surface area contributed by atoms with Crippen molar-refractivity contribution in [3.63, 3.8) is 0 Å². The Labute approximate surface area is 162 Å². The van der Waals surface area contributed by atoms with Crippen molar-refractivity contribution in [3.8, 4) is 0 Å². The number of esters is 2. The zero-order valence-corrected chi connectivity index (χ0v) is 17.4. The first-order valence-corrected chi connectivity index (χ1v) is 9.76. The van der Waals surface area contributed by atoms with Crippen LogP contribution in [0.5, 0.6) is 0 Å². The maximum atomic E-state index is 11.8. The van der Waals surface area contributed by atoms with E-state index < -0.39 is 24.3 Å². The van der Waals surface area contributed by atoms with Crippen LogP contribution in [0, 0.1) is 12.8 Å². The van der Waals surface area contributed by atoms with Gasteiger partial charge in [-0.15, -0.1) is 0 Å². The average molecular weight is 376 g/mol. The number of aryl methyl sites for hydroxylation is 1. The molecular formula is C22H32O5. The monoisotopic (exact) mass is 376 g/mol. The lowest BCUT2D eigenvalue weighted by Crippen LogP contribution is -2.53. The second kappa shape index (κ2) is 8.87. The lowest BCUT2D eigenvalue weighted by molar-refractivity contribution is -0.225. The standard InChI is InChI=1S/C22H32O5/c1-8-19-14(5)20(25-15(6)23)22(26-16(7)24)21(27-19)18-10-9-17(12(2)3)11-13(18)4/h9-12,14,19-22H,8H2,1-7H3/t14-,19+,20-,21-,22-/m0/s1. The van der Waals surface area contributed by atoms with Gasteiger partial charge in [0, 0.05) is 19.8 Å². The van der Waals surface area contributed by atoms with Crippen LogP contribution in [0.3, 0.4) is 0 Å². The molecule has 5 nitrogen and oxygen atoms in total. The fourth-order valence-electron chi connectivity index (χ4n) is 3.85. The largest absolute Gasteiger partial charge is 0.458 e. The number of ether oxygens (including phenoxy) is 3. The summed E-state index contributed by atoms with van der Waals surface area (Å²) < 4.78 is 17.6. The van der Waals surface area contributed by atoms with Gasteiger partial charge in [0.05, 0.1) is 6.10 Å². The molecule has 0 N–H and O–H groups in total. The van der Waals surface area contributed by atoms with Crippen LogP contribution in [0.4, 0.5) is 0 Å². The van der Waals surface area contributed by atoms with Gasteiger partial charge in [0.25, 0.3) is 0 Å². The van der Waals surface area contributed by atoms with Crippen molar-refractivity contribution in [2.24, 2.45) is 5.92 Å². The molecule has 27 heavy (non-hydrogen) atoms. The number of hydrogen-bond donors (Lipinski definition) is 0. The van der Waals surface area contributed by atoms with E-state index in [4.69, 9.17) is 14.2 Å². The molecule has 0 saturated carbocycles. The molecule has 1 aromatic rings. The van der Waals surface area contributed by atoms with Crippen LogP contribution in [-0.4, -0.2) is 30.3 Å². The third-order valence-electron chi connectivity index (χ3n) is 5.32. The molecule has 0 spiro atoms. The Kier molecular flexibility index (Phi) is 7.04. The quantitative estimate of drug-likeness (QED) is 0.710. The summed E-state index contributed by atoms with van der Waals surface area (Å²) in [7, 11) is 0. The van der Waals surface area contributed by atoms with Gasteiger partial charge in [-0.2, -0.15) is 0 Å². The molecule has 5 heteroatoms. The van der Waals surface area contributed by atoms with E-state index in [9.17, 15) is 9.59 Å². The molecule has 1 heterocycles. The first kappa shape index (κ1) is 21.4. The first-order chi connectivity index (χ1) is 12.6. The van der Waals surface area contributed by atoms with Crippen molar-refractivity contribution in [3.05, 3.63) is 34.9 Å². The van der Waals surface area contributed by atoms with Crippen LogP contribution in [0.2, 0.25) is 0 Å². The SMILES string of the molecule is CC[C@H]1O[C@@H](c2ccc(C(C)C)cc2C)[C@@H](OC(C)=O)[C@@H](OC(C)=O)[C@H]1C. The predicted molar refractivity (Wildman–Crippen MR) is 103 cm³/mol. The Bertz CT molecular complexity index is 681. The van der Waals surface area contributed by atoms with Gasteiger partial charge in [0.2, 0.25) is 0 Å². The minimum Gasteiger partial charge on any atom is -0.458 e. The van der Waals surface area contributed by atoms with Crippen LogP contribution in [-0.2, 0) is 23.8 Å². The fraction of sp³-hybridized carbons (Fsp3) is 0.636. The fourth-order valence-corrected chi connectivity index (χ4v) is 3.85. The molecule has 1 aliphatic rings. The van der Waals surface area contributed by atoms with E-state index in [2.05, 4.69) is 26.0 Å². The summed E-state index contributed by atoms with van der Waals surface area (Å²) in [5, 5.41) is 0. The zero-order valence-electron chi connectivity index (χ0n) is 17.4. The molecular weight excluding hydrogens is 344 g/mol. The van der Waals surface area contributed by atoms with Gasteiger partial charge in [-0.25, -0.2) is 0 Å². The van der Waals surface area contributed by atoms with Crippen LogP contribution in [0.15, 0.2) is 18.2 Å². The molecule has 1 aliphatic heterocycles. The number of carbonyl (C=O) groups excluding carboxylic acids is 2. The molecule has 0 aliphatic carbocycles. The number of hydrogen-bond acceptors (Lipinski definition) is 5. The van der Waals surface area contributed by atoms with E-state index in [0.29, 0.717) is 5.92 Å². The van der Waals surface area contributed by atoms with E-state index in [0.717, 1.165) is 17.5 Å². The predicted octanol–water partition coefficient (Wildman–Crippen LogP) is 4.47. The number of carbonyl (C=O) groups is 2. The lowest BCUT2D eigenvalue weighted by atomic mass is 9.83. The highest BCUT2D eigenvalue weighted by molar-refractivity contribution is 5.67. The maximum Gasteiger partial charge on any atom is 0.303 e. The molecule has 5 atom stereocenters. The van der Waals surface area contributed by atoms with E-state index in [-0.39, 0.29) is 18.0 Å². The van der Waals surface area contributed by atoms with E-state index in [1.54, 1.807) is 0 Å². The van der Waals surface area contributed by atoms with Gasteiger partial charge in [-0.05, 0) is 36.0 Å². The minimum absolute atomic E-state index is 0.0743. The molecule has 1 saturated heterocycles.